The van der Waals surface area contributed by atoms with E-state index in [2.05, 4.69) is 10.1 Å². The molecule has 0 N–H and O–H groups in total. The summed E-state index contributed by atoms with van der Waals surface area (Å²) in [7, 11) is 3.98. The Morgan fingerprint density at radius 1 is 1.20 bits per heavy atom. The van der Waals surface area contributed by atoms with Crippen LogP contribution in [0.5, 0.6) is 0 Å². The molecule has 0 aliphatic heterocycles. The maximum absolute atomic E-state index is 5.15. The molecule has 4 nitrogen and oxygen atoms in total. The topological polar surface area (TPSA) is 42.2 Å². The molecule has 1 aromatic carbocycles. The van der Waals surface area contributed by atoms with Crippen LogP contribution in [0.1, 0.15) is 5.82 Å². The molecule has 0 saturated heterocycles. The smallest absolute Gasteiger partial charge is 0.260 e. The van der Waals surface area contributed by atoms with Gasteiger partial charge in [-0.25, -0.2) is 0 Å². The number of hydrogen-bond donors (Lipinski definition) is 0. The molecule has 78 valence electrons. The van der Waals surface area contributed by atoms with Crippen molar-refractivity contribution in [3.63, 3.8) is 0 Å². The quantitative estimate of drug-likeness (QED) is 0.749. The average molecular weight is 203 g/mol. The Kier molecular flexibility index (Phi) is 2.41. The lowest BCUT2D eigenvalue weighted by molar-refractivity contribution is 0.425. The molecule has 2 rings (SSSR count). The summed E-state index contributed by atoms with van der Waals surface area (Å²) in [5.74, 6) is 1.22. The van der Waals surface area contributed by atoms with E-state index in [-0.39, 0.29) is 0 Å². The summed E-state index contributed by atoms with van der Waals surface area (Å²) < 4.78 is 5.15. The minimum absolute atomic E-state index is 0.566. The maximum Gasteiger partial charge on any atom is 0.260 e. The zero-order chi connectivity index (χ0) is 10.8. The molecule has 0 amide bonds. The van der Waals surface area contributed by atoms with E-state index in [4.69, 9.17) is 4.52 Å². The molecule has 15 heavy (non-hydrogen) atoms. The number of hydrogen-bond acceptors (Lipinski definition) is 4. The van der Waals surface area contributed by atoms with Crippen LogP contribution in [0, 0.1) is 6.92 Å². The van der Waals surface area contributed by atoms with Gasteiger partial charge in [-0.1, -0.05) is 17.3 Å². The largest absolute Gasteiger partial charge is 0.377 e. The minimum atomic E-state index is 0.566. The third-order valence-electron chi connectivity index (χ3n) is 2.14. The molecule has 0 unspecified atom stereocenters. The molecule has 2 aromatic rings. The van der Waals surface area contributed by atoms with Crippen LogP contribution in [0.15, 0.2) is 28.8 Å². The van der Waals surface area contributed by atoms with Gasteiger partial charge in [-0.3, -0.25) is 0 Å². The summed E-state index contributed by atoms with van der Waals surface area (Å²) in [6.45, 7) is 1.81. The van der Waals surface area contributed by atoms with Gasteiger partial charge >= 0.3 is 0 Å². The van der Waals surface area contributed by atoms with E-state index in [1.807, 2.05) is 50.2 Å². The number of anilines is 1. The normalized spacial score (nSPS) is 10.3. The highest BCUT2D eigenvalue weighted by atomic mass is 16.5. The van der Waals surface area contributed by atoms with Gasteiger partial charge in [-0.05, 0) is 19.1 Å². The minimum Gasteiger partial charge on any atom is -0.377 e. The monoisotopic (exact) mass is 203 g/mol. The maximum atomic E-state index is 5.15. The van der Waals surface area contributed by atoms with E-state index in [1.54, 1.807) is 0 Å². The van der Waals surface area contributed by atoms with Gasteiger partial charge in [0.15, 0.2) is 5.82 Å². The molecule has 0 aliphatic rings. The highest BCUT2D eigenvalue weighted by molar-refractivity contribution is 5.72. The van der Waals surface area contributed by atoms with Gasteiger partial charge in [0, 0.05) is 19.8 Å². The van der Waals surface area contributed by atoms with Crippen LogP contribution < -0.4 is 4.90 Å². The van der Waals surface area contributed by atoms with Crippen LogP contribution >= 0.6 is 0 Å². The van der Waals surface area contributed by atoms with Gasteiger partial charge in [0.1, 0.15) is 0 Å². The Bertz CT molecular complexity index is 462. The first-order valence-corrected chi connectivity index (χ1v) is 4.75. The lowest BCUT2D eigenvalue weighted by Gasteiger charge is -2.14. The number of nitrogens with zero attached hydrogens (tertiary/aromatic N) is 3. The fourth-order valence-electron chi connectivity index (χ4n) is 1.45. The molecule has 4 heteroatoms. The lowest BCUT2D eigenvalue weighted by Crippen LogP contribution is -2.09. The Morgan fingerprint density at radius 3 is 2.53 bits per heavy atom. The lowest BCUT2D eigenvalue weighted by atomic mass is 10.1. The molecule has 0 bridgehead atoms. The second-order valence-electron chi connectivity index (χ2n) is 3.56. The van der Waals surface area contributed by atoms with Crippen LogP contribution in [0.3, 0.4) is 0 Å². The van der Waals surface area contributed by atoms with Crippen molar-refractivity contribution >= 4 is 5.69 Å². The number of aryl methyl sites for hydroxylation is 1. The first-order chi connectivity index (χ1) is 7.18. The summed E-state index contributed by atoms with van der Waals surface area (Å²) >= 11 is 0. The van der Waals surface area contributed by atoms with Crippen molar-refractivity contribution in [2.24, 2.45) is 0 Å². The summed E-state index contributed by atoms with van der Waals surface area (Å²) in [5, 5.41) is 3.79. The van der Waals surface area contributed by atoms with Crippen molar-refractivity contribution in [1.29, 1.82) is 0 Å². The van der Waals surface area contributed by atoms with Crippen LogP contribution in [0.2, 0.25) is 0 Å². The second-order valence-corrected chi connectivity index (χ2v) is 3.56. The fourth-order valence-corrected chi connectivity index (χ4v) is 1.45. The van der Waals surface area contributed by atoms with Crippen LogP contribution in [0.25, 0.3) is 11.5 Å². The molecule has 0 radical (unpaired) electrons. The van der Waals surface area contributed by atoms with E-state index in [9.17, 15) is 0 Å². The fraction of sp³-hybridized carbons (Fsp3) is 0.273. The third kappa shape index (κ3) is 1.83. The molecular formula is C11H13N3O. The highest BCUT2D eigenvalue weighted by Gasteiger charge is 2.11. The van der Waals surface area contributed by atoms with Gasteiger partial charge < -0.3 is 9.42 Å². The molecule has 1 heterocycles. The second kappa shape index (κ2) is 3.73. The van der Waals surface area contributed by atoms with Crippen LogP contribution in [-0.4, -0.2) is 24.2 Å². The van der Waals surface area contributed by atoms with Gasteiger partial charge in [0.25, 0.3) is 5.89 Å². The number of benzene rings is 1. The molecular weight excluding hydrogens is 190 g/mol. The number of aromatic nitrogens is 2. The summed E-state index contributed by atoms with van der Waals surface area (Å²) in [4.78, 5) is 6.24. The van der Waals surface area contributed by atoms with Crippen molar-refractivity contribution in [3.8, 4) is 11.5 Å². The Morgan fingerprint density at radius 2 is 1.93 bits per heavy atom. The van der Waals surface area contributed by atoms with Crippen molar-refractivity contribution < 1.29 is 4.52 Å². The standard InChI is InChI=1S/C11H13N3O/c1-8-12-11(15-13-8)9-6-4-5-7-10(9)14(2)3/h4-7H,1-3H3. The first-order valence-electron chi connectivity index (χ1n) is 4.75. The van der Waals surface area contributed by atoms with Crippen molar-refractivity contribution in [1.82, 2.24) is 10.1 Å². The van der Waals surface area contributed by atoms with E-state index < -0.39 is 0 Å². The molecule has 0 saturated carbocycles. The summed E-state index contributed by atoms with van der Waals surface area (Å²) in [6.07, 6.45) is 0. The molecule has 0 spiro atoms. The van der Waals surface area contributed by atoms with Gasteiger partial charge in [-0.2, -0.15) is 4.98 Å². The molecule has 1 aromatic heterocycles. The average Bonchev–Trinajstić information content (AvgIpc) is 2.65. The van der Waals surface area contributed by atoms with Crippen molar-refractivity contribution in [2.75, 3.05) is 19.0 Å². The third-order valence-corrected chi connectivity index (χ3v) is 2.14. The number of rotatable bonds is 2. The van der Waals surface area contributed by atoms with Gasteiger partial charge in [-0.15, -0.1) is 0 Å². The zero-order valence-corrected chi connectivity index (χ0v) is 9.06. The van der Waals surface area contributed by atoms with Gasteiger partial charge in [0.2, 0.25) is 0 Å². The first kappa shape index (κ1) is 9.71. The van der Waals surface area contributed by atoms with Crippen LogP contribution in [-0.2, 0) is 0 Å². The number of para-hydroxylation sites is 1. The molecule has 0 aliphatic carbocycles. The Balaban J connectivity index is 2.52. The van der Waals surface area contributed by atoms with Crippen molar-refractivity contribution in [3.05, 3.63) is 30.1 Å². The van der Waals surface area contributed by atoms with E-state index in [1.165, 1.54) is 0 Å². The predicted octanol–water partition coefficient (Wildman–Crippen LogP) is 2.11. The highest BCUT2D eigenvalue weighted by Crippen LogP contribution is 2.27. The van der Waals surface area contributed by atoms with E-state index in [0.29, 0.717) is 11.7 Å². The van der Waals surface area contributed by atoms with Crippen LogP contribution in [0.4, 0.5) is 5.69 Å². The van der Waals surface area contributed by atoms with E-state index in [0.717, 1.165) is 11.3 Å². The SMILES string of the molecule is Cc1noc(-c2ccccc2N(C)C)n1. The Hall–Kier alpha value is -1.84. The van der Waals surface area contributed by atoms with Crippen molar-refractivity contribution in [2.45, 2.75) is 6.92 Å². The Labute approximate surface area is 88.5 Å². The zero-order valence-electron chi connectivity index (χ0n) is 9.06. The van der Waals surface area contributed by atoms with E-state index >= 15 is 0 Å². The summed E-state index contributed by atoms with van der Waals surface area (Å²) in [5.41, 5.74) is 2.03. The van der Waals surface area contributed by atoms with Gasteiger partial charge in [0.05, 0.1) is 5.56 Å². The predicted molar refractivity (Wildman–Crippen MR) is 58.8 cm³/mol. The molecule has 0 atom stereocenters. The molecule has 0 fully saturated rings. The summed E-state index contributed by atoms with van der Waals surface area (Å²) in [6, 6.07) is 7.95.